The number of rotatable bonds is 6. The summed E-state index contributed by atoms with van der Waals surface area (Å²) in [5, 5.41) is 0. The maximum absolute atomic E-state index is 6.33. The Hall–Kier alpha value is -3.33. The Kier molecular flexibility index (Phi) is 5.01. The van der Waals surface area contributed by atoms with Gasteiger partial charge in [0.15, 0.2) is 6.10 Å². The third-order valence-electron chi connectivity index (χ3n) is 4.50. The van der Waals surface area contributed by atoms with Gasteiger partial charge in [-0.3, -0.25) is 0 Å². The molecule has 0 fully saturated rings. The van der Waals surface area contributed by atoms with Crippen molar-refractivity contribution in [2.24, 2.45) is 4.99 Å². The minimum Gasteiger partial charge on any atom is -0.490 e. The summed E-state index contributed by atoms with van der Waals surface area (Å²) in [5.41, 5.74) is 3.17. The van der Waals surface area contributed by atoms with Crippen LogP contribution >= 0.6 is 0 Å². The van der Waals surface area contributed by atoms with Crippen LogP contribution in [0.2, 0.25) is 0 Å². The van der Waals surface area contributed by atoms with Gasteiger partial charge in [0.25, 0.3) is 0 Å². The summed E-state index contributed by atoms with van der Waals surface area (Å²) in [6, 6.07) is 28.3. The number of nitrogens with zero attached hydrogens (tertiary/aromatic N) is 1. The van der Waals surface area contributed by atoms with Gasteiger partial charge in [0.1, 0.15) is 18.4 Å². The van der Waals surface area contributed by atoms with Crippen LogP contribution < -0.4 is 4.74 Å². The van der Waals surface area contributed by atoms with Crippen molar-refractivity contribution in [1.29, 1.82) is 0 Å². The van der Waals surface area contributed by atoms with Crippen molar-refractivity contribution in [2.75, 3.05) is 6.61 Å². The first-order chi connectivity index (χ1) is 13.3. The molecule has 0 unspecified atom stereocenters. The summed E-state index contributed by atoms with van der Waals surface area (Å²) in [7, 11) is 0. The lowest BCUT2D eigenvalue weighted by atomic mass is 9.97. The van der Waals surface area contributed by atoms with E-state index in [1.165, 1.54) is 0 Å². The molecule has 0 saturated heterocycles. The molecule has 0 saturated carbocycles. The fourth-order valence-electron chi connectivity index (χ4n) is 3.22. The van der Waals surface area contributed by atoms with E-state index in [2.05, 4.69) is 30.8 Å². The van der Waals surface area contributed by atoms with E-state index >= 15 is 0 Å². The van der Waals surface area contributed by atoms with Crippen molar-refractivity contribution in [3.8, 4) is 5.75 Å². The Labute approximate surface area is 159 Å². The summed E-state index contributed by atoms with van der Waals surface area (Å²) in [6.07, 6.45) is 1.58. The van der Waals surface area contributed by atoms with Gasteiger partial charge in [-0.15, -0.1) is 0 Å². The second-order valence-corrected chi connectivity index (χ2v) is 6.37. The highest BCUT2D eigenvalue weighted by Crippen LogP contribution is 2.41. The van der Waals surface area contributed by atoms with E-state index in [0.29, 0.717) is 12.5 Å². The summed E-state index contributed by atoms with van der Waals surface area (Å²) >= 11 is 0. The zero-order valence-corrected chi connectivity index (χ0v) is 15.0. The highest BCUT2D eigenvalue weighted by molar-refractivity contribution is 5.96. The van der Waals surface area contributed by atoms with E-state index < -0.39 is 0 Å². The molecule has 27 heavy (non-hydrogen) atoms. The molecule has 1 aliphatic heterocycles. The van der Waals surface area contributed by atoms with Crippen molar-refractivity contribution in [1.82, 2.24) is 0 Å². The minimum absolute atomic E-state index is 0.0821. The van der Waals surface area contributed by atoms with Crippen LogP contribution in [0.4, 0.5) is 0 Å². The fraction of sp³-hybridized carbons (Fsp3) is 0.125. The van der Waals surface area contributed by atoms with E-state index in [1.807, 2.05) is 60.7 Å². The lowest BCUT2D eigenvalue weighted by Crippen LogP contribution is -2.09. The fourth-order valence-corrected chi connectivity index (χ4v) is 3.22. The summed E-state index contributed by atoms with van der Waals surface area (Å²) in [6.45, 7) is 4.16. The van der Waals surface area contributed by atoms with Gasteiger partial charge in [-0.2, -0.15) is 0 Å². The summed E-state index contributed by atoms with van der Waals surface area (Å²) in [4.78, 5) is 4.93. The molecule has 0 spiro atoms. The molecule has 4 rings (SSSR count). The maximum atomic E-state index is 6.33. The second kappa shape index (κ2) is 7.92. The Balaban J connectivity index is 1.69. The summed E-state index contributed by atoms with van der Waals surface area (Å²) in [5.74, 6) is 1.42. The Morgan fingerprint density at radius 1 is 0.889 bits per heavy atom. The second-order valence-electron chi connectivity index (χ2n) is 6.37. The quantitative estimate of drug-likeness (QED) is 0.546. The van der Waals surface area contributed by atoms with Crippen molar-refractivity contribution < 1.29 is 9.47 Å². The SMILES string of the molecule is C=CCOc1cccc(C2=N[C@H](c3ccccc3)[C@@H](c3ccccc3)O2)c1. The first kappa shape index (κ1) is 17.1. The van der Waals surface area contributed by atoms with Crippen LogP contribution in [0.5, 0.6) is 5.75 Å². The summed E-state index contributed by atoms with van der Waals surface area (Å²) < 4.78 is 12.0. The van der Waals surface area contributed by atoms with Gasteiger partial charge in [-0.05, 0) is 29.3 Å². The van der Waals surface area contributed by atoms with Crippen molar-refractivity contribution in [3.05, 3.63) is 114 Å². The predicted molar refractivity (Wildman–Crippen MR) is 108 cm³/mol. The third kappa shape index (κ3) is 3.77. The van der Waals surface area contributed by atoms with Crippen LogP contribution in [0, 0.1) is 0 Å². The number of hydrogen-bond acceptors (Lipinski definition) is 3. The third-order valence-corrected chi connectivity index (χ3v) is 4.50. The zero-order chi connectivity index (χ0) is 18.5. The van der Waals surface area contributed by atoms with E-state index in [4.69, 9.17) is 14.5 Å². The number of ether oxygens (including phenoxy) is 2. The molecule has 1 aliphatic rings. The minimum atomic E-state index is -0.152. The molecular formula is C24H21NO2. The lowest BCUT2D eigenvalue weighted by Gasteiger charge is -2.18. The molecule has 0 N–H and O–H groups in total. The topological polar surface area (TPSA) is 30.8 Å². The molecule has 0 bridgehead atoms. The molecule has 3 nitrogen and oxygen atoms in total. The maximum Gasteiger partial charge on any atom is 0.217 e. The van der Waals surface area contributed by atoms with Crippen molar-refractivity contribution in [3.63, 3.8) is 0 Å². The highest BCUT2D eigenvalue weighted by atomic mass is 16.5. The normalized spacial score (nSPS) is 18.4. The average molecular weight is 355 g/mol. The van der Waals surface area contributed by atoms with Crippen LogP contribution in [0.15, 0.2) is 103 Å². The van der Waals surface area contributed by atoms with Gasteiger partial charge < -0.3 is 9.47 Å². The molecule has 1 heterocycles. The average Bonchev–Trinajstić information content (AvgIpc) is 3.19. The van der Waals surface area contributed by atoms with Crippen LogP contribution in [0.25, 0.3) is 0 Å². The van der Waals surface area contributed by atoms with Gasteiger partial charge in [0.2, 0.25) is 5.90 Å². The molecular weight excluding hydrogens is 334 g/mol. The largest absolute Gasteiger partial charge is 0.490 e. The highest BCUT2D eigenvalue weighted by Gasteiger charge is 2.34. The van der Waals surface area contributed by atoms with E-state index in [-0.39, 0.29) is 12.1 Å². The van der Waals surface area contributed by atoms with E-state index in [9.17, 15) is 0 Å². The molecule has 3 aromatic carbocycles. The first-order valence-corrected chi connectivity index (χ1v) is 9.03. The van der Waals surface area contributed by atoms with E-state index in [1.54, 1.807) is 6.08 Å². The lowest BCUT2D eigenvalue weighted by molar-refractivity contribution is 0.197. The molecule has 3 heteroatoms. The Morgan fingerprint density at radius 2 is 1.59 bits per heavy atom. The van der Waals surface area contributed by atoms with Crippen LogP contribution in [0.3, 0.4) is 0 Å². The van der Waals surface area contributed by atoms with Crippen LogP contribution in [-0.4, -0.2) is 12.5 Å². The Morgan fingerprint density at radius 3 is 2.30 bits per heavy atom. The van der Waals surface area contributed by atoms with Crippen LogP contribution in [-0.2, 0) is 4.74 Å². The van der Waals surface area contributed by atoms with Gasteiger partial charge in [-0.25, -0.2) is 4.99 Å². The van der Waals surface area contributed by atoms with Gasteiger partial charge in [0, 0.05) is 5.56 Å². The molecule has 3 aromatic rings. The molecule has 0 aromatic heterocycles. The molecule has 2 atom stereocenters. The molecule has 0 amide bonds. The predicted octanol–water partition coefficient (Wildman–Crippen LogP) is 5.51. The number of aliphatic imine (C=N–C) groups is 1. The first-order valence-electron chi connectivity index (χ1n) is 9.03. The Bertz CT molecular complexity index is 935. The molecule has 134 valence electrons. The van der Waals surface area contributed by atoms with Gasteiger partial charge in [0.05, 0.1) is 0 Å². The standard InChI is InChI=1S/C24H21NO2/c1-2-16-26-21-15-9-14-20(17-21)24-25-22(18-10-5-3-6-11-18)23(27-24)19-12-7-4-8-13-19/h2-15,17,22-23H,1,16H2/t22-,23-/m1/s1. The van der Waals surface area contributed by atoms with Crippen molar-refractivity contribution >= 4 is 5.90 Å². The van der Waals surface area contributed by atoms with E-state index in [0.717, 1.165) is 22.4 Å². The zero-order valence-electron chi connectivity index (χ0n) is 15.0. The van der Waals surface area contributed by atoms with Crippen molar-refractivity contribution in [2.45, 2.75) is 12.1 Å². The monoisotopic (exact) mass is 355 g/mol. The number of hydrogen-bond donors (Lipinski definition) is 0. The molecule has 0 radical (unpaired) electrons. The number of benzene rings is 3. The van der Waals surface area contributed by atoms with Gasteiger partial charge >= 0.3 is 0 Å². The van der Waals surface area contributed by atoms with Gasteiger partial charge in [-0.1, -0.05) is 79.4 Å². The smallest absolute Gasteiger partial charge is 0.217 e. The molecule has 0 aliphatic carbocycles. The van der Waals surface area contributed by atoms with Crippen LogP contribution in [0.1, 0.15) is 28.8 Å².